The Morgan fingerprint density at radius 3 is 2.77 bits per heavy atom. The molecule has 2 aromatic rings. The molecule has 134 valence electrons. The largest absolute Gasteiger partial charge is 0.505 e. The van der Waals surface area contributed by atoms with Crippen molar-refractivity contribution >= 4 is 29.2 Å². The van der Waals surface area contributed by atoms with Gasteiger partial charge in [0.15, 0.2) is 5.75 Å². The van der Waals surface area contributed by atoms with E-state index < -0.39 is 11.9 Å². The number of carbonyl (C=O) groups excluding carboxylic acids is 3. The van der Waals surface area contributed by atoms with Crippen molar-refractivity contribution in [3.8, 4) is 5.75 Å². The van der Waals surface area contributed by atoms with Gasteiger partial charge in [-0.2, -0.15) is 0 Å². The topological polar surface area (TPSA) is 105 Å². The number of nitrogens with one attached hydrogen (secondary N) is 2. The van der Waals surface area contributed by atoms with Crippen LogP contribution in [0.2, 0.25) is 0 Å². The minimum absolute atomic E-state index is 0.0325. The number of aryl methyl sites for hydroxylation is 1. The zero-order valence-electron chi connectivity index (χ0n) is 14.2. The molecule has 0 atom stereocenters. The molecule has 26 heavy (non-hydrogen) atoms. The molecular weight excluding hydrogens is 336 g/mol. The van der Waals surface area contributed by atoms with Crippen LogP contribution in [0, 0.1) is 0 Å². The molecule has 7 nitrogen and oxygen atoms in total. The molecule has 2 amide bonds. The number of hydrogen-bond donors (Lipinski definition) is 3. The van der Waals surface area contributed by atoms with Gasteiger partial charge in [0, 0.05) is 17.7 Å². The van der Waals surface area contributed by atoms with Crippen molar-refractivity contribution in [3.05, 3.63) is 53.1 Å². The molecule has 0 saturated carbocycles. The van der Waals surface area contributed by atoms with Crippen LogP contribution in [0.25, 0.3) is 0 Å². The first-order valence-corrected chi connectivity index (χ1v) is 8.14. The van der Waals surface area contributed by atoms with Crippen LogP contribution in [0.5, 0.6) is 5.75 Å². The van der Waals surface area contributed by atoms with E-state index in [1.165, 1.54) is 25.3 Å². The lowest BCUT2D eigenvalue weighted by atomic mass is 10.0. The molecule has 0 radical (unpaired) electrons. The third kappa shape index (κ3) is 3.51. The molecule has 2 aromatic carbocycles. The summed E-state index contributed by atoms with van der Waals surface area (Å²) in [5.41, 5.74) is 2.06. The fraction of sp³-hybridized carbons (Fsp3) is 0.211. The van der Waals surface area contributed by atoms with Crippen molar-refractivity contribution in [1.29, 1.82) is 0 Å². The van der Waals surface area contributed by atoms with E-state index in [0.29, 0.717) is 30.5 Å². The van der Waals surface area contributed by atoms with Gasteiger partial charge in [-0.3, -0.25) is 9.59 Å². The van der Waals surface area contributed by atoms with Gasteiger partial charge in [0.05, 0.1) is 12.8 Å². The molecule has 0 saturated heterocycles. The number of carbonyl (C=O) groups is 3. The molecule has 0 aliphatic carbocycles. The Bertz CT molecular complexity index is 891. The first-order valence-electron chi connectivity index (χ1n) is 8.14. The van der Waals surface area contributed by atoms with Crippen molar-refractivity contribution in [1.82, 2.24) is 0 Å². The summed E-state index contributed by atoms with van der Waals surface area (Å²) < 4.78 is 4.60. The Balaban J connectivity index is 1.84. The molecule has 1 aliphatic rings. The third-order valence-corrected chi connectivity index (χ3v) is 4.18. The van der Waals surface area contributed by atoms with E-state index in [2.05, 4.69) is 15.4 Å². The van der Waals surface area contributed by atoms with Crippen LogP contribution in [0.4, 0.5) is 11.4 Å². The Morgan fingerprint density at radius 1 is 1.19 bits per heavy atom. The number of amides is 2. The summed E-state index contributed by atoms with van der Waals surface area (Å²) in [7, 11) is 1.21. The molecule has 0 aromatic heterocycles. The highest BCUT2D eigenvalue weighted by molar-refractivity contribution is 6.07. The van der Waals surface area contributed by atoms with E-state index in [0.717, 1.165) is 5.56 Å². The van der Waals surface area contributed by atoms with Gasteiger partial charge in [0.1, 0.15) is 5.56 Å². The van der Waals surface area contributed by atoms with Crippen molar-refractivity contribution in [2.75, 3.05) is 17.7 Å². The van der Waals surface area contributed by atoms with Gasteiger partial charge in [-0.05, 0) is 48.7 Å². The van der Waals surface area contributed by atoms with Gasteiger partial charge in [0.2, 0.25) is 5.91 Å². The molecule has 0 unspecified atom stereocenters. The molecular formula is C19H18N2O5. The van der Waals surface area contributed by atoms with Crippen molar-refractivity contribution in [2.24, 2.45) is 0 Å². The Morgan fingerprint density at radius 2 is 2.00 bits per heavy atom. The number of anilines is 2. The lowest BCUT2D eigenvalue weighted by Crippen LogP contribution is -2.14. The van der Waals surface area contributed by atoms with E-state index in [9.17, 15) is 19.5 Å². The first kappa shape index (κ1) is 17.5. The van der Waals surface area contributed by atoms with Gasteiger partial charge < -0.3 is 20.5 Å². The summed E-state index contributed by atoms with van der Waals surface area (Å²) in [6.45, 7) is 0. The first-order chi connectivity index (χ1) is 12.5. The summed E-state index contributed by atoms with van der Waals surface area (Å²) in [6, 6.07) is 9.44. The van der Waals surface area contributed by atoms with E-state index in [-0.39, 0.29) is 22.9 Å². The Hall–Kier alpha value is -3.35. The number of fused-ring (bicyclic) bond motifs is 1. The molecule has 7 heteroatoms. The average Bonchev–Trinajstić information content (AvgIpc) is 2.82. The normalized spacial score (nSPS) is 13.2. The predicted molar refractivity (Wildman–Crippen MR) is 95.4 cm³/mol. The molecule has 0 fully saturated rings. The summed E-state index contributed by atoms with van der Waals surface area (Å²) in [4.78, 5) is 35.8. The lowest BCUT2D eigenvalue weighted by Gasteiger charge is -2.12. The standard InChI is InChI=1S/C19H18N2O5/c1-26-19(25)13-5-3-6-15(17(13)23)21-18(24)12-8-9-14-11(10-12)4-2-7-16(22)20-14/h3,5-6,8-10,23H,2,4,7H2,1H3,(H,20,22)(H,21,24). The van der Waals surface area contributed by atoms with Crippen LogP contribution in [0.3, 0.4) is 0 Å². The molecule has 1 aliphatic heterocycles. The number of hydrogen-bond acceptors (Lipinski definition) is 5. The van der Waals surface area contributed by atoms with E-state index >= 15 is 0 Å². The highest BCUT2D eigenvalue weighted by atomic mass is 16.5. The van der Waals surface area contributed by atoms with E-state index in [1.807, 2.05) is 0 Å². The number of aromatic hydroxyl groups is 1. The van der Waals surface area contributed by atoms with Crippen molar-refractivity contribution in [2.45, 2.75) is 19.3 Å². The van der Waals surface area contributed by atoms with Crippen molar-refractivity contribution in [3.63, 3.8) is 0 Å². The van der Waals surface area contributed by atoms with Gasteiger partial charge in [0.25, 0.3) is 5.91 Å². The van der Waals surface area contributed by atoms with Gasteiger partial charge in [-0.1, -0.05) is 6.07 Å². The van der Waals surface area contributed by atoms with Crippen LogP contribution >= 0.6 is 0 Å². The highest BCUT2D eigenvalue weighted by Gasteiger charge is 2.18. The number of para-hydroxylation sites is 1. The summed E-state index contributed by atoms with van der Waals surface area (Å²) in [6.07, 6.45) is 1.86. The monoisotopic (exact) mass is 354 g/mol. The number of ether oxygens (including phenoxy) is 1. The summed E-state index contributed by atoms with van der Waals surface area (Å²) >= 11 is 0. The number of benzene rings is 2. The fourth-order valence-electron chi connectivity index (χ4n) is 2.83. The minimum Gasteiger partial charge on any atom is -0.505 e. The SMILES string of the molecule is COC(=O)c1cccc(NC(=O)c2ccc3c(c2)CCCC(=O)N3)c1O. The summed E-state index contributed by atoms with van der Waals surface area (Å²) in [5, 5.41) is 15.6. The van der Waals surface area contributed by atoms with Gasteiger partial charge >= 0.3 is 5.97 Å². The summed E-state index contributed by atoms with van der Waals surface area (Å²) in [5.74, 6) is -1.51. The van der Waals surface area contributed by atoms with Crippen LogP contribution in [-0.4, -0.2) is 30.0 Å². The second-order valence-electron chi connectivity index (χ2n) is 5.92. The molecule has 3 rings (SSSR count). The highest BCUT2D eigenvalue weighted by Crippen LogP contribution is 2.29. The van der Waals surface area contributed by atoms with Gasteiger partial charge in [-0.15, -0.1) is 0 Å². The Labute approximate surface area is 150 Å². The number of esters is 1. The quantitative estimate of drug-likeness (QED) is 0.581. The number of phenols is 1. The smallest absolute Gasteiger partial charge is 0.341 e. The maximum absolute atomic E-state index is 12.5. The number of methoxy groups -OCH3 is 1. The van der Waals surface area contributed by atoms with Crippen LogP contribution in [0.15, 0.2) is 36.4 Å². The molecule has 1 heterocycles. The second kappa shape index (κ2) is 7.26. The Kier molecular flexibility index (Phi) is 4.88. The zero-order valence-corrected chi connectivity index (χ0v) is 14.2. The van der Waals surface area contributed by atoms with E-state index in [4.69, 9.17) is 0 Å². The molecule has 3 N–H and O–H groups in total. The maximum Gasteiger partial charge on any atom is 0.341 e. The van der Waals surface area contributed by atoms with Crippen LogP contribution in [0.1, 0.15) is 39.1 Å². The van der Waals surface area contributed by atoms with Crippen molar-refractivity contribution < 1.29 is 24.2 Å². The second-order valence-corrected chi connectivity index (χ2v) is 5.92. The maximum atomic E-state index is 12.5. The fourth-order valence-corrected chi connectivity index (χ4v) is 2.83. The van der Waals surface area contributed by atoms with Gasteiger partial charge in [-0.25, -0.2) is 4.79 Å². The molecule has 0 spiro atoms. The zero-order chi connectivity index (χ0) is 18.7. The minimum atomic E-state index is -0.695. The number of rotatable bonds is 3. The average molecular weight is 354 g/mol. The molecule has 0 bridgehead atoms. The van der Waals surface area contributed by atoms with Crippen LogP contribution < -0.4 is 10.6 Å². The lowest BCUT2D eigenvalue weighted by molar-refractivity contribution is -0.116. The van der Waals surface area contributed by atoms with E-state index in [1.54, 1.807) is 18.2 Å². The third-order valence-electron chi connectivity index (χ3n) is 4.18. The number of phenolic OH excluding ortho intramolecular Hbond substituents is 1. The van der Waals surface area contributed by atoms with Crippen LogP contribution in [-0.2, 0) is 16.0 Å². The predicted octanol–water partition coefficient (Wildman–Crippen LogP) is 2.71.